The number of hydrogen-bond acceptors (Lipinski definition) is 2. The Balaban J connectivity index is 2.76. The molecule has 1 rings (SSSR count). The highest BCUT2D eigenvalue weighted by Crippen LogP contribution is 2.22. The summed E-state index contributed by atoms with van der Waals surface area (Å²) in [5, 5.41) is 18.2. The van der Waals surface area contributed by atoms with Crippen molar-refractivity contribution < 1.29 is 15.0 Å². The van der Waals surface area contributed by atoms with Crippen molar-refractivity contribution in [3.05, 3.63) is 58.7 Å². The molecule has 2 N–H and O–H groups in total. The van der Waals surface area contributed by atoms with Crippen LogP contribution in [0.1, 0.15) is 37.0 Å². The molecule has 0 fully saturated rings. The maximum atomic E-state index is 10.6. The number of phenols is 1. The number of allylic oxidation sites excluding steroid dienone is 5. The second kappa shape index (κ2) is 8.23. The number of rotatable bonds is 6. The van der Waals surface area contributed by atoms with Crippen LogP contribution in [0.5, 0.6) is 5.75 Å². The third kappa shape index (κ3) is 6.00. The van der Waals surface area contributed by atoms with Gasteiger partial charge in [0.15, 0.2) is 0 Å². The highest BCUT2D eigenvalue weighted by Gasteiger charge is 2.02. The monoisotopic (exact) mass is 300 g/mol. The zero-order valence-electron chi connectivity index (χ0n) is 13.6. The lowest BCUT2D eigenvalue weighted by Crippen LogP contribution is -2.00. The second-order valence-corrected chi connectivity index (χ2v) is 5.70. The largest absolute Gasteiger partial charge is 0.508 e. The maximum Gasteiger partial charge on any atom is 0.303 e. The summed E-state index contributed by atoms with van der Waals surface area (Å²) in [6.45, 7) is 7.82. The van der Waals surface area contributed by atoms with Crippen LogP contribution in [0.2, 0.25) is 0 Å². The van der Waals surface area contributed by atoms with E-state index in [1.807, 2.05) is 58.1 Å². The van der Waals surface area contributed by atoms with Gasteiger partial charge in [0.05, 0.1) is 6.42 Å². The van der Waals surface area contributed by atoms with E-state index in [4.69, 9.17) is 5.11 Å². The van der Waals surface area contributed by atoms with Crippen molar-refractivity contribution in [3.8, 4) is 5.75 Å². The third-order valence-corrected chi connectivity index (χ3v) is 3.39. The Kier molecular flexibility index (Phi) is 6.64. The Morgan fingerprint density at radius 1 is 1.27 bits per heavy atom. The summed E-state index contributed by atoms with van der Waals surface area (Å²) in [6.07, 6.45) is 9.93. The normalized spacial score (nSPS) is 13.9. The quantitative estimate of drug-likeness (QED) is 0.753. The van der Waals surface area contributed by atoms with Gasteiger partial charge >= 0.3 is 5.97 Å². The number of benzene rings is 1. The number of carboxylic acids is 1. The first-order valence-corrected chi connectivity index (χ1v) is 7.34. The highest BCUT2D eigenvalue weighted by molar-refractivity contribution is 5.67. The standard InChI is InChI=1S/C19H24O3/c1-13(6-5-7-14(2)10-19(21)22)8-9-18-15(3)11-17(20)12-16(18)4/h5-9,11-12,14,20H,10H2,1-4H3,(H,21,22). The van der Waals surface area contributed by atoms with E-state index >= 15 is 0 Å². The van der Waals surface area contributed by atoms with Crippen LogP contribution in [0.25, 0.3) is 6.08 Å². The molecule has 3 nitrogen and oxygen atoms in total. The van der Waals surface area contributed by atoms with Crippen molar-refractivity contribution in [3.63, 3.8) is 0 Å². The number of aryl methyl sites for hydroxylation is 2. The van der Waals surface area contributed by atoms with Gasteiger partial charge in [-0.1, -0.05) is 42.9 Å². The van der Waals surface area contributed by atoms with E-state index in [0.29, 0.717) is 0 Å². The van der Waals surface area contributed by atoms with E-state index in [9.17, 15) is 9.90 Å². The molecule has 3 heteroatoms. The molecule has 22 heavy (non-hydrogen) atoms. The Bertz CT molecular complexity index is 599. The molecule has 0 aromatic heterocycles. The molecule has 1 aromatic carbocycles. The van der Waals surface area contributed by atoms with Crippen LogP contribution >= 0.6 is 0 Å². The molecule has 0 aliphatic rings. The minimum atomic E-state index is -0.781. The van der Waals surface area contributed by atoms with Crippen molar-refractivity contribution in [2.75, 3.05) is 0 Å². The van der Waals surface area contributed by atoms with Crippen LogP contribution in [0.4, 0.5) is 0 Å². The SMILES string of the molecule is CC(C=Cc1c(C)cc(O)cc1C)=CC=CC(C)CC(=O)O. The summed E-state index contributed by atoms with van der Waals surface area (Å²) in [5.74, 6) is -0.474. The van der Waals surface area contributed by atoms with E-state index in [-0.39, 0.29) is 18.1 Å². The molecular formula is C19H24O3. The lowest BCUT2D eigenvalue weighted by Gasteiger charge is -2.06. The van der Waals surface area contributed by atoms with Crippen molar-refractivity contribution in [2.45, 2.75) is 34.1 Å². The first-order chi connectivity index (χ1) is 10.3. The molecule has 0 bridgehead atoms. The number of aromatic hydroxyl groups is 1. The van der Waals surface area contributed by atoms with Crippen LogP contribution in [0, 0.1) is 19.8 Å². The van der Waals surface area contributed by atoms with E-state index in [0.717, 1.165) is 22.3 Å². The van der Waals surface area contributed by atoms with Crippen molar-refractivity contribution >= 4 is 12.0 Å². The minimum absolute atomic E-state index is 0.0205. The molecule has 0 saturated carbocycles. The van der Waals surface area contributed by atoms with E-state index in [2.05, 4.69) is 0 Å². The summed E-state index contributed by atoms with van der Waals surface area (Å²) >= 11 is 0. The van der Waals surface area contributed by atoms with Crippen molar-refractivity contribution in [1.29, 1.82) is 0 Å². The Hall–Kier alpha value is -2.29. The molecule has 0 amide bonds. The van der Waals surface area contributed by atoms with Crippen LogP contribution in [0.3, 0.4) is 0 Å². The number of hydrogen-bond donors (Lipinski definition) is 2. The van der Waals surface area contributed by atoms with Gasteiger partial charge in [-0.2, -0.15) is 0 Å². The first kappa shape index (κ1) is 17.8. The van der Waals surface area contributed by atoms with Gasteiger partial charge < -0.3 is 10.2 Å². The fourth-order valence-corrected chi connectivity index (χ4v) is 2.23. The Labute approximate surface area is 132 Å². The van der Waals surface area contributed by atoms with Gasteiger partial charge in [-0.05, 0) is 55.5 Å². The van der Waals surface area contributed by atoms with Crippen molar-refractivity contribution in [1.82, 2.24) is 0 Å². The molecule has 0 heterocycles. The van der Waals surface area contributed by atoms with Crippen LogP contribution in [0.15, 0.2) is 42.0 Å². The van der Waals surface area contributed by atoms with Gasteiger partial charge in [-0.25, -0.2) is 0 Å². The fourth-order valence-electron chi connectivity index (χ4n) is 2.23. The zero-order chi connectivity index (χ0) is 16.7. The van der Waals surface area contributed by atoms with E-state index in [1.54, 1.807) is 12.1 Å². The minimum Gasteiger partial charge on any atom is -0.508 e. The number of phenolic OH excluding ortho intramolecular Hbond substituents is 1. The zero-order valence-corrected chi connectivity index (χ0v) is 13.6. The van der Waals surface area contributed by atoms with Crippen molar-refractivity contribution in [2.24, 2.45) is 5.92 Å². The van der Waals surface area contributed by atoms with E-state index < -0.39 is 5.97 Å². The molecule has 0 aliphatic carbocycles. The van der Waals surface area contributed by atoms with Crippen LogP contribution in [-0.2, 0) is 4.79 Å². The van der Waals surface area contributed by atoms with Gasteiger partial charge in [-0.15, -0.1) is 0 Å². The van der Waals surface area contributed by atoms with Crippen LogP contribution in [-0.4, -0.2) is 16.2 Å². The molecule has 0 spiro atoms. The number of carbonyl (C=O) groups is 1. The number of carboxylic acid groups (broad SMARTS) is 1. The Morgan fingerprint density at radius 2 is 1.86 bits per heavy atom. The van der Waals surface area contributed by atoms with Gasteiger partial charge in [0.2, 0.25) is 0 Å². The summed E-state index contributed by atoms with van der Waals surface area (Å²) in [5.41, 5.74) is 4.25. The molecule has 0 radical (unpaired) electrons. The smallest absolute Gasteiger partial charge is 0.303 e. The summed E-state index contributed by atoms with van der Waals surface area (Å²) in [4.78, 5) is 10.6. The molecule has 0 saturated heterocycles. The summed E-state index contributed by atoms with van der Waals surface area (Å²) in [6, 6.07) is 3.50. The molecule has 118 valence electrons. The van der Waals surface area contributed by atoms with Gasteiger partial charge in [-0.3, -0.25) is 4.79 Å². The summed E-state index contributed by atoms with van der Waals surface area (Å²) < 4.78 is 0. The molecule has 1 atom stereocenters. The predicted octanol–water partition coefficient (Wildman–Crippen LogP) is 4.64. The molecule has 1 aromatic rings. The van der Waals surface area contributed by atoms with Crippen LogP contribution < -0.4 is 0 Å². The average molecular weight is 300 g/mol. The maximum absolute atomic E-state index is 10.6. The third-order valence-electron chi connectivity index (χ3n) is 3.39. The second-order valence-electron chi connectivity index (χ2n) is 5.70. The first-order valence-electron chi connectivity index (χ1n) is 7.34. The molecule has 1 unspecified atom stereocenters. The predicted molar refractivity (Wildman–Crippen MR) is 90.9 cm³/mol. The lowest BCUT2D eigenvalue weighted by atomic mass is 10.0. The molecular weight excluding hydrogens is 276 g/mol. The number of aliphatic carboxylic acids is 1. The van der Waals surface area contributed by atoms with Gasteiger partial charge in [0.25, 0.3) is 0 Å². The van der Waals surface area contributed by atoms with Gasteiger partial charge in [0.1, 0.15) is 5.75 Å². The topological polar surface area (TPSA) is 57.5 Å². The average Bonchev–Trinajstić information content (AvgIpc) is 2.36. The highest BCUT2D eigenvalue weighted by atomic mass is 16.4. The fraction of sp³-hybridized carbons (Fsp3) is 0.316. The van der Waals surface area contributed by atoms with Gasteiger partial charge in [0, 0.05) is 0 Å². The summed E-state index contributed by atoms with van der Waals surface area (Å²) in [7, 11) is 0. The van der Waals surface area contributed by atoms with E-state index in [1.165, 1.54) is 0 Å². The Morgan fingerprint density at radius 3 is 2.41 bits per heavy atom. The molecule has 0 aliphatic heterocycles. The lowest BCUT2D eigenvalue weighted by molar-refractivity contribution is -0.137.